The van der Waals surface area contributed by atoms with Crippen LogP contribution in [0.25, 0.3) is 10.2 Å². The molecule has 11 heteroatoms. The Bertz CT molecular complexity index is 1440. The molecule has 0 bridgehead atoms. The maximum absolute atomic E-state index is 13.4. The van der Waals surface area contributed by atoms with Crippen LogP contribution in [0.15, 0.2) is 23.5 Å². The number of ether oxygens (including phenoxy) is 1. The SMILES string of the molecule is COc1cc2c(cc1Nc1ncnc3sc4c(c13)CC[C@H](C(=O)N1CCN(C(=O)N(C)C)CC1)C4)C=NC2. The minimum atomic E-state index is -0.0490. The normalized spacial score (nSPS) is 18.3. The van der Waals surface area contributed by atoms with Gasteiger partial charge >= 0.3 is 6.03 Å². The number of fused-ring (bicyclic) bond motifs is 4. The minimum Gasteiger partial charge on any atom is -0.495 e. The summed E-state index contributed by atoms with van der Waals surface area (Å²) in [7, 11) is 5.18. The highest BCUT2D eigenvalue weighted by Crippen LogP contribution is 2.42. The Hall–Kier alpha value is -3.73. The van der Waals surface area contributed by atoms with Gasteiger partial charge < -0.3 is 24.8 Å². The van der Waals surface area contributed by atoms with Crippen molar-refractivity contribution in [2.24, 2.45) is 10.9 Å². The van der Waals surface area contributed by atoms with E-state index in [4.69, 9.17) is 4.74 Å². The standard InChI is InChI=1S/C27H31N7O3S/c1-32(2)27(36)34-8-6-33(7-9-34)26(35)16-4-5-19-22(12-16)38-25-23(19)24(29-15-30-25)31-20-10-17-13-28-14-18(17)11-21(20)37-3/h10-11,13,15-16H,4-9,12,14H2,1-3H3,(H,29,30,31)/t16-/m0/s1. The van der Waals surface area contributed by atoms with E-state index in [9.17, 15) is 9.59 Å². The van der Waals surface area contributed by atoms with Crippen molar-refractivity contribution in [2.45, 2.75) is 25.8 Å². The molecule has 6 rings (SSSR count). The van der Waals surface area contributed by atoms with Crippen LogP contribution in [0, 0.1) is 5.92 Å². The van der Waals surface area contributed by atoms with Gasteiger partial charge in [-0.1, -0.05) is 0 Å². The third-order valence-corrected chi connectivity index (χ3v) is 8.81. The van der Waals surface area contributed by atoms with Crippen LogP contribution < -0.4 is 10.1 Å². The molecule has 3 aromatic rings. The van der Waals surface area contributed by atoms with Crippen LogP contribution >= 0.6 is 11.3 Å². The quantitative estimate of drug-likeness (QED) is 0.552. The summed E-state index contributed by atoms with van der Waals surface area (Å²) in [6, 6.07) is 4.08. The minimum absolute atomic E-state index is 0.000783. The van der Waals surface area contributed by atoms with Gasteiger partial charge in [-0.25, -0.2) is 14.8 Å². The molecule has 1 aliphatic carbocycles. The lowest BCUT2D eigenvalue weighted by molar-refractivity contribution is -0.137. The zero-order valence-corrected chi connectivity index (χ0v) is 22.7. The summed E-state index contributed by atoms with van der Waals surface area (Å²) in [6.45, 7) is 2.99. The summed E-state index contributed by atoms with van der Waals surface area (Å²) in [5.74, 6) is 1.65. The van der Waals surface area contributed by atoms with E-state index >= 15 is 0 Å². The maximum Gasteiger partial charge on any atom is 0.319 e. The molecule has 0 spiro atoms. The first-order valence-corrected chi connectivity index (χ1v) is 13.7. The molecule has 1 N–H and O–H groups in total. The summed E-state index contributed by atoms with van der Waals surface area (Å²) >= 11 is 1.66. The molecule has 3 aliphatic rings. The molecule has 1 atom stereocenters. The smallest absolute Gasteiger partial charge is 0.319 e. The number of hydrogen-bond acceptors (Lipinski definition) is 8. The van der Waals surface area contributed by atoms with Crippen LogP contribution in [0.1, 0.15) is 28.0 Å². The third-order valence-electron chi connectivity index (χ3n) is 7.65. The second kappa shape index (κ2) is 9.86. The predicted molar refractivity (Wildman–Crippen MR) is 148 cm³/mol. The molecular weight excluding hydrogens is 502 g/mol. The van der Waals surface area contributed by atoms with Gasteiger partial charge in [-0.3, -0.25) is 9.79 Å². The van der Waals surface area contributed by atoms with Crippen molar-refractivity contribution >= 4 is 51.2 Å². The molecular formula is C27H31N7O3S. The van der Waals surface area contributed by atoms with Crippen LogP contribution in [-0.2, 0) is 24.2 Å². The van der Waals surface area contributed by atoms with Gasteiger partial charge in [0, 0.05) is 57.3 Å². The summed E-state index contributed by atoms with van der Waals surface area (Å²) in [4.78, 5) is 46.7. The number of aliphatic imine (C=N–C) groups is 1. The van der Waals surface area contributed by atoms with Crippen LogP contribution in [0.4, 0.5) is 16.3 Å². The fourth-order valence-electron chi connectivity index (χ4n) is 5.61. The van der Waals surface area contributed by atoms with E-state index in [1.807, 2.05) is 22.1 Å². The Morgan fingerprint density at radius 1 is 1.13 bits per heavy atom. The molecule has 1 aromatic carbocycles. The molecule has 0 unspecified atom stereocenters. The van der Waals surface area contributed by atoms with E-state index < -0.39 is 0 Å². The molecule has 0 saturated carbocycles. The van der Waals surface area contributed by atoms with E-state index in [0.29, 0.717) is 39.1 Å². The fourth-order valence-corrected chi connectivity index (χ4v) is 6.87. The van der Waals surface area contributed by atoms with Gasteiger partial charge in [0.1, 0.15) is 22.7 Å². The first-order chi connectivity index (χ1) is 18.4. The summed E-state index contributed by atoms with van der Waals surface area (Å²) < 4.78 is 5.65. The number of benzene rings is 1. The van der Waals surface area contributed by atoms with Gasteiger partial charge in [-0.2, -0.15) is 0 Å². The van der Waals surface area contributed by atoms with Gasteiger partial charge in [0.25, 0.3) is 0 Å². The number of amides is 3. The number of aromatic nitrogens is 2. The molecule has 0 radical (unpaired) electrons. The molecule has 38 heavy (non-hydrogen) atoms. The van der Waals surface area contributed by atoms with E-state index in [1.54, 1.807) is 43.8 Å². The second-order valence-corrected chi connectivity index (χ2v) is 11.3. The van der Waals surface area contributed by atoms with Crippen molar-refractivity contribution in [1.82, 2.24) is 24.7 Å². The summed E-state index contributed by atoms with van der Waals surface area (Å²) in [5.41, 5.74) is 4.31. The molecule has 3 amide bonds. The van der Waals surface area contributed by atoms with Crippen LogP contribution in [-0.4, -0.2) is 90.2 Å². The molecule has 2 aromatic heterocycles. The Labute approximate surface area is 225 Å². The number of carbonyl (C=O) groups excluding carboxylic acids is 2. The van der Waals surface area contributed by atoms with Gasteiger partial charge in [-0.05, 0) is 48.1 Å². The van der Waals surface area contributed by atoms with Crippen LogP contribution in [0.3, 0.4) is 0 Å². The number of hydrogen-bond donors (Lipinski definition) is 1. The number of piperazine rings is 1. The molecule has 4 heterocycles. The zero-order chi connectivity index (χ0) is 26.4. The third kappa shape index (κ3) is 4.34. The van der Waals surface area contributed by atoms with Crippen molar-refractivity contribution in [3.05, 3.63) is 40.0 Å². The van der Waals surface area contributed by atoms with Gasteiger partial charge in [0.2, 0.25) is 5.91 Å². The number of nitrogens with one attached hydrogen (secondary N) is 1. The number of thiophene rings is 1. The van der Waals surface area contributed by atoms with E-state index in [0.717, 1.165) is 51.4 Å². The molecule has 1 saturated heterocycles. The van der Waals surface area contributed by atoms with Crippen molar-refractivity contribution in [2.75, 3.05) is 52.7 Å². The van der Waals surface area contributed by atoms with Crippen LogP contribution in [0.2, 0.25) is 0 Å². The number of anilines is 2. The number of nitrogens with zero attached hydrogens (tertiary/aromatic N) is 6. The lowest BCUT2D eigenvalue weighted by Crippen LogP contribution is -2.54. The number of urea groups is 1. The highest BCUT2D eigenvalue weighted by atomic mass is 32.1. The fraction of sp³-hybridized carbons (Fsp3) is 0.444. The lowest BCUT2D eigenvalue weighted by Gasteiger charge is -2.38. The zero-order valence-electron chi connectivity index (χ0n) is 21.9. The largest absolute Gasteiger partial charge is 0.495 e. The highest BCUT2D eigenvalue weighted by Gasteiger charge is 2.33. The Morgan fingerprint density at radius 3 is 2.68 bits per heavy atom. The predicted octanol–water partition coefficient (Wildman–Crippen LogP) is 3.31. The molecule has 198 valence electrons. The molecule has 1 fully saturated rings. The van der Waals surface area contributed by atoms with Crippen molar-refractivity contribution in [1.29, 1.82) is 0 Å². The van der Waals surface area contributed by atoms with Crippen molar-refractivity contribution in [3.63, 3.8) is 0 Å². The summed E-state index contributed by atoms with van der Waals surface area (Å²) in [5, 5.41) is 4.53. The first-order valence-electron chi connectivity index (χ1n) is 12.9. The number of rotatable bonds is 4. The Balaban J connectivity index is 1.21. The average molecular weight is 534 g/mol. The van der Waals surface area contributed by atoms with E-state index in [1.165, 1.54) is 10.4 Å². The van der Waals surface area contributed by atoms with Gasteiger partial charge in [-0.15, -0.1) is 11.3 Å². The topological polar surface area (TPSA) is 103 Å². The maximum atomic E-state index is 13.4. The molecule has 10 nitrogen and oxygen atoms in total. The summed E-state index contributed by atoms with van der Waals surface area (Å²) in [6.07, 6.45) is 5.79. The van der Waals surface area contributed by atoms with Crippen molar-refractivity contribution in [3.8, 4) is 5.75 Å². The van der Waals surface area contributed by atoms with Gasteiger partial charge in [0.15, 0.2) is 0 Å². The average Bonchev–Trinajstić information content (AvgIpc) is 3.55. The Kier molecular flexibility index (Phi) is 6.38. The Morgan fingerprint density at radius 2 is 1.92 bits per heavy atom. The molecule has 2 aliphatic heterocycles. The monoisotopic (exact) mass is 533 g/mol. The van der Waals surface area contributed by atoms with Crippen molar-refractivity contribution < 1.29 is 14.3 Å². The first kappa shape index (κ1) is 24.6. The van der Waals surface area contributed by atoms with E-state index in [2.05, 4.69) is 26.3 Å². The van der Waals surface area contributed by atoms with Crippen LogP contribution in [0.5, 0.6) is 5.75 Å². The van der Waals surface area contributed by atoms with Gasteiger partial charge in [0.05, 0.1) is 24.7 Å². The number of methoxy groups -OCH3 is 1. The number of aryl methyl sites for hydroxylation is 1. The second-order valence-electron chi connectivity index (χ2n) is 10.2. The number of carbonyl (C=O) groups is 2. The van der Waals surface area contributed by atoms with E-state index in [-0.39, 0.29) is 17.9 Å². The lowest BCUT2D eigenvalue weighted by atomic mass is 9.86. The highest BCUT2D eigenvalue weighted by molar-refractivity contribution is 7.19.